The smallest absolute Gasteiger partial charge is 0.481 e. The van der Waals surface area contributed by atoms with Crippen LogP contribution in [0.15, 0.2) is 72.8 Å². The number of amides is 1. The number of nitrogens with one attached hydrogen (secondary N) is 1. The number of halogens is 3. The van der Waals surface area contributed by atoms with E-state index in [1.54, 1.807) is 0 Å². The van der Waals surface area contributed by atoms with E-state index in [9.17, 15) is 27.9 Å². The van der Waals surface area contributed by atoms with E-state index >= 15 is 0 Å². The van der Waals surface area contributed by atoms with Crippen molar-refractivity contribution in [2.24, 2.45) is 0 Å². The van der Waals surface area contributed by atoms with Crippen LogP contribution in [-0.2, 0) is 9.53 Å². The highest BCUT2D eigenvalue weighted by Gasteiger charge is 2.31. The number of hydrogen-bond donors (Lipinski definition) is 2. The number of rotatable bonds is 7. The molecule has 1 aliphatic carbocycles. The first-order valence-corrected chi connectivity index (χ1v) is 10.4. The lowest BCUT2D eigenvalue weighted by Crippen LogP contribution is -2.31. The van der Waals surface area contributed by atoms with Crippen molar-refractivity contribution in [1.82, 2.24) is 5.32 Å². The van der Waals surface area contributed by atoms with Crippen molar-refractivity contribution in [3.8, 4) is 16.9 Å². The van der Waals surface area contributed by atoms with Gasteiger partial charge in [0.2, 0.25) is 0 Å². The van der Waals surface area contributed by atoms with E-state index in [4.69, 9.17) is 4.74 Å². The second-order valence-corrected chi connectivity index (χ2v) is 7.74. The molecule has 0 fully saturated rings. The lowest BCUT2D eigenvalue weighted by molar-refractivity contribution is -0.274. The van der Waals surface area contributed by atoms with E-state index in [2.05, 4.69) is 10.1 Å². The molecule has 0 bridgehead atoms. The number of carboxylic acids is 1. The van der Waals surface area contributed by atoms with Gasteiger partial charge >= 0.3 is 18.4 Å². The number of benzene rings is 3. The van der Waals surface area contributed by atoms with Gasteiger partial charge in [0.1, 0.15) is 12.4 Å². The van der Waals surface area contributed by atoms with Crippen LogP contribution in [0.2, 0.25) is 0 Å². The topological polar surface area (TPSA) is 84.9 Å². The third-order valence-electron chi connectivity index (χ3n) is 5.53. The number of aliphatic carboxylic acids is 1. The van der Waals surface area contributed by atoms with Crippen molar-refractivity contribution in [3.05, 3.63) is 89.5 Å². The number of fused-ring (bicyclic) bond motifs is 3. The van der Waals surface area contributed by atoms with Gasteiger partial charge in [-0.2, -0.15) is 0 Å². The lowest BCUT2D eigenvalue weighted by Gasteiger charge is -2.19. The molecule has 4 rings (SSSR count). The monoisotopic (exact) mass is 471 g/mol. The predicted octanol–water partition coefficient (Wildman–Crippen LogP) is 5.64. The van der Waals surface area contributed by atoms with Crippen LogP contribution in [-0.4, -0.2) is 30.1 Å². The number of carbonyl (C=O) groups is 2. The largest absolute Gasteiger partial charge is 0.573 e. The van der Waals surface area contributed by atoms with Crippen LogP contribution >= 0.6 is 0 Å². The summed E-state index contributed by atoms with van der Waals surface area (Å²) in [5, 5.41) is 11.7. The molecular weight excluding hydrogens is 451 g/mol. The minimum Gasteiger partial charge on any atom is -0.481 e. The normalized spacial score (nSPS) is 13.5. The molecule has 1 amide bonds. The van der Waals surface area contributed by atoms with Gasteiger partial charge in [0.25, 0.3) is 0 Å². The van der Waals surface area contributed by atoms with Crippen molar-refractivity contribution in [2.45, 2.75) is 24.7 Å². The number of alkyl carbamates (subject to hydrolysis) is 1. The Balaban J connectivity index is 1.45. The molecular formula is C25H20F3NO5. The lowest BCUT2D eigenvalue weighted by atomic mass is 9.98. The maximum Gasteiger partial charge on any atom is 0.573 e. The van der Waals surface area contributed by atoms with Gasteiger partial charge in [-0.1, -0.05) is 60.7 Å². The molecule has 0 saturated carbocycles. The van der Waals surface area contributed by atoms with Crippen molar-refractivity contribution in [2.75, 3.05) is 6.61 Å². The van der Waals surface area contributed by atoms with Gasteiger partial charge in [-0.3, -0.25) is 4.79 Å². The average molecular weight is 471 g/mol. The first-order valence-electron chi connectivity index (χ1n) is 10.4. The molecule has 3 aromatic rings. The second kappa shape index (κ2) is 9.46. The molecule has 2 N–H and O–H groups in total. The number of carboxylic acid groups (broad SMARTS) is 1. The van der Waals surface area contributed by atoms with Crippen molar-refractivity contribution in [3.63, 3.8) is 0 Å². The van der Waals surface area contributed by atoms with E-state index in [0.29, 0.717) is 5.56 Å². The fourth-order valence-electron chi connectivity index (χ4n) is 4.11. The van der Waals surface area contributed by atoms with Gasteiger partial charge in [0.05, 0.1) is 12.5 Å². The summed E-state index contributed by atoms with van der Waals surface area (Å²) in [5.41, 5.74) is 4.48. The molecule has 0 saturated heterocycles. The standard InChI is InChI=1S/C25H20F3NO5/c26-25(27,28)34-16-11-9-15(10-12-16)22(13-23(30)31)29-24(32)33-14-21-19-7-3-1-5-17(19)18-6-2-4-8-20(18)21/h1-12,21-22H,13-14H2,(H,29,32)(H,30,31)/t22-/m1/s1. The number of ether oxygens (including phenoxy) is 2. The number of alkyl halides is 3. The van der Waals surface area contributed by atoms with Crippen LogP contribution in [0.4, 0.5) is 18.0 Å². The molecule has 34 heavy (non-hydrogen) atoms. The molecule has 0 aromatic heterocycles. The molecule has 0 aliphatic heterocycles. The van der Waals surface area contributed by atoms with E-state index in [1.807, 2.05) is 48.5 Å². The third-order valence-corrected chi connectivity index (χ3v) is 5.53. The number of carbonyl (C=O) groups excluding carboxylic acids is 1. The molecule has 6 nitrogen and oxygen atoms in total. The van der Waals surface area contributed by atoms with Crippen molar-refractivity contribution >= 4 is 12.1 Å². The zero-order valence-electron chi connectivity index (χ0n) is 17.7. The predicted molar refractivity (Wildman–Crippen MR) is 116 cm³/mol. The van der Waals surface area contributed by atoms with Gasteiger partial charge in [-0.05, 0) is 39.9 Å². The summed E-state index contributed by atoms with van der Waals surface area (Å²) < 4.78 is 46.4. The van der Waals surface area contributed by atoms with Crippen LogP contribution in [0.1, 0.15) is 35.1 Å². The van der Waals surface area contributed by atoms with Crippen molar-refractivity contribution < 1.29 is 37.3 Å². The molecule has 1 aliphatic rings. The van der Waals surface area contributed by atoms with Crippen LogP contribution in [0.25, 0.3) is 11.1 Å². The molecule has 0 spiro atoms. The summed E-state index contributed by atoms with van der Waals surface area (Å²) in [5.74, 6) is -1.82. The highest BCUT2D eigenvalue weighted by atomic mass is 19.4. The second-order valence-electron chi connectivity index (χ2n) is 7.74. The Hall–Kier alpha value is -4.01. The average Bonchev–Trinajstić information content (AvgIpc) is 3.10. The maximum absolute atomic E-state index is 12.5. The fraction of sp³-hybridized carbons (Fsp3) is 0.200. The van der Waals surface area contributed by atoms with E-state index in [-0.39, 0.29) is 12.5 Å². The summed E-state index contributed by atoms with van der Waals surface area (Å²) in [7, 11) is 0. The molecule has 0 unspecified atom stereocenters. The van der Waals surface area contributed by atoms with E-state index < -0.39 is 36.6 Å². The van der Waals surface area contributed by atoms with Crippen LogP contribution < -0.4 is 10.1 Å². The molecule has 0 heterocycles. The summed E-state index contributed by atoms with van der Waals surface area (Å²) in [6.07, 6.45) is -6.16. The SMILES string of the molecule is O=C(O)C[C@@H](NC(=O)OCC1c2ccccc2-c2ccccc21)c1ccc(OC(F)(F)F)cc1. The van der Waals surface area contributed by atoms with Crippen LogP contribution in [0, 0.1) is 0 Å². The maximum atomic E-state index is 12.5. The molecule has 1 atom stereocenters. The molecule has 3 aromatic carbocycles. The minimum atomic E-state index is -4.85. The Morgan fingerprint density at radius 2 is 1.47 bits per heavy atom. The fourth-order valence-corrected chi connectivity index (χ4v) is 4.11. The van der Waals surface area contributed by atoms with Crippen LogP contribution in [0.5, 0.6) is 5.75 Å². The highest BCUT2D eigenvalue weighted by Crippen LogP contribution is 2.44. The Morgan fingerprint density at radius 1 is 0.912 bits per heavy atom. The highest BCUT2D eigenvalue weighted by molar-refractivity contribution is 5.79. The molecule has 176 valence electrons. The first kappa shape index (κ1) is 23.2. The van der Waals surface area contributed by atoms with Crippen LogP contribution in [0.3, 0.4) is 0 Å². The van der Waals surface area contributed by atoms with E-state index in [1.165, 1.54) is 12.1 Å². The van der Waals surface area contributed by atoms with Gasteiger partial charge < -0.3 is 19.9 Å². The van der Waals surface area contributed by atoms with Crippen molar-refractivity contribution in [1.29, 1.82) is 0 Å². The summed E-state index contributed by atoms with van der Waals surface area (Å²) >= 11 is 0. The van der Waals surface area contributed by atoms with E-state index in [0.717, 1.165) is 34.4 Å². The number of hydrogen-bond acceptors (Lipinski definition) is 4. The first-order chi connectivity index (χ1) is 16.2. The Morgan fingerprint density at radius 3 is 2.00 bits per heavy atom. The Bertz CT molecular complexity index is 1150. The zero-order valence-corrected chi connectivity index (χ0v) is 17.7. The van der Waals surface area contributed by atoms with Gasteiger partial charge in [0, 0.05) is 5.92 Å². The van der Waals surface area contributed by atoms with Gasteiger partial charge in [-0.15, -0.1) is 13.2 Å². The zero-order chi connectivity index (χ0) is 24.3. The van der Waals surface area contributed by atoms with Gasteiger partial charge in [0.15, 0.2) is 0 Å². The minimum absolute atomic E-state index is 0.0397. The summed E-state index contributed by atoms with van der Waals surface area (Å²) in [6, 6.07) is 19.3. The summed E-state index contributed by atoms with van der Waals surface area (Å²) in [4.78, 5) is 23.8. The third kappa shape index (κ3) is 5.31. The van der Waals surface area contributed by atoms with Gasteiger partial charge in [-0.25, -0.2) is 4.79 Å². The summed E-state index contributed by atoms with van der Waals surface area (Å²) in [6.45, 7) is 0.0397. The molecule has 9 heteroatoms. The Labute approximate surface area is 192 Å². The Kier molecular flexibility index (Phi) is 6.45. The molecule has 0 radical (unpaired) electrons. The quantitative estimate of drug-likeness (QED) is 0.466.